The van der Waals surface area contributed by atoms with Gasteiger partial charge in [0.1, 0.15) is 5.82 Å². The molecule has 3 rings (SSSR count). The lowest BCUT2D eigenvalue weighted by molar-refractivity contribution is -0.119. The van der Waals surface area contributed by atoms with Crippen molar-refractivity contribution >= 4 is 23.1 Å². The van der Waals surface area contributed by atoms with Crippen LogP contribution in [0.5, 0.6) is 0 Å². The number of amides is 1. The number of carbonyl (C=O) groups excluding carboxylic acids is 1. The molecule has 1 fully saturated rings. The number of fused-ring (bicyclic) bond motifs is 1. The van der Waals surface area contributed by atoms with Gasteiger partial charge in [-0.3, -0.25) is 9.69 Å². The minimum absolute atomic E-state index is 0. The smallest absolute Gasteiger partial charge is 0.217 e. The SMILES string of the molecule is CC.CC.Cc1nc2ccccc2n1/C=C\C(C)N1CCC(CC(N)=O)CC1.[HH]. The Labute approximate surface area is 172 Å². The molecule has 0 aliphatic carbocycles. The van der Waals surface area contributed by atoms with Gasteiger partial charge in [0.2, 0.25) is 5.91 Å². The summed E-state index contributed by atoms with van der Waals surface area (Å²) in [6, 6.07) is 8.56. The molecule has 158 valence electrons. The van der Waals surface area contributed by atoms with E-state index in [1.807, 2.05) is 52.8 Å². The predicted octanol–water partition coefficient (Wildman–Crippen LogP) is 5.09. The van der Waals surface area contributed by atoms with E-state index in [9.17, 15) is 4.79 Å². The number of hydrogen-bond donors (Lipinski definition) is 1. The topological polar surface area (TPSA) is 64.2 Å². The van der Waals surface area contributed by atoms with Crippen LogP contribution in [0.15, 0.2) is 30.3 Å². The Morgan fingerprint density at radius 1 is 1.25 bits per heavy atom. The molecule has 2 heterocycles. The second-order valence-electron chi connectivity index (χ2n) is 6.75. The number of piperidine rings is 1. The quantitative estimate of drug-likeness (QED) is 0.776. The number of benzene rings is 1. The van der Waals surface area contributed by atoms with E-state index in [2.05, 4.69) is 39.7 Å². The Hall–Kier alpha value is -2.14. The van der Waals surface area contributed by atoms with Crippen LogP contribution < -0.4 is 5.73 Å². The first kappa shape index (κ1) is 23.9. The van der Waals surface area contributed by atoms with Gasteiger partial charge in [-0.2, -0.15) is 0 Å². The van der Waals surface area contributed by atoms with Crippen LogP contribution in [0, 0.1) is 12.8 Å². The normalized spacial score (nSPS) is 16.2. The van der Waals surface area contributed by atoms with Gasteiger partial charge in [0, 0.05) is 20.1 Å². The fraction of sp³-hybridized carbons (Fsp3) is 0.565. The number of para-hydroxylation sites is 2. The molecular weight excluding hydrogens is 348 g/mol. The first-order valence-electron chi connectivity index (χ1n) is 10.7. The number of imidazole rings is 1. The first-order valence-corrected chi connectivity index (χ1v) is 10.7. The Balaban J connectivity index is 0.00000148. The van der Waals surface area contributed by atoms with Crippen molar-refractivity contribution in [1.29, 1.82) is 0 Å². The van der Waals surface area contributed by atoms with Crippen molar-refractivity contribution in [3.8, 4) is 0 Å². The van der Waals surface area contributed by atoms with Crippen LogP contribution in [0.25, 0.3) is 17.2 Å². The van der Waals surface area contributed by atoms with Gasteiger partial charge < -0.3 is 10.3 Å². The number of aromatic nitrogens is 2. The summed E-state index contributed by atoms with van der Waals surface area (Å²) in [5.74, 6) is 1.28. The molecule has 1 aliphatic heterocycles. The standard InChI is InChI=1S/C19H26N4O.2C2H6.H2/c1-14(22-10-8-16(9-11-22)13-19(20)24)7-12-23-15(2)21-17-5-3-4-6-18(17)23;2*1-2;/h3-7,12,14,16H,8-11,13H2,1-2H3,(H2,20,24);2*1-2H3;1H/b12-7-;;;. The summed E-state index contributed by atoms with van der Waals surface area (Å²) in [6.45, 7) is 14.3. The van der Waals surface area contributed by atoms with Gasteiger partial charge in [-0.1, -0.05) is 45.9 Å². The highest BCUT2D eigenvalue weighted by molar-refractivity contribution is 5.78. The van der Waals surface area contributed by atoms with Crippen LogP contribution in [0.1, 0.15) is 61.1 Å². The molecule has 2 N–H and O–H groups in total. The number of likely N-dealkylation sites (tertiary alicyclic amines) is 1. The summed E-state index contributed by atoms with van der Waals surface area (Å²) in [5.41, 5.74) is 7.47. The van der Waals surface area contributed by atoms with Crippen molar-refractivity contribution in [1.82, 2.24) is 14.5 Å². The van der Waals surface area contributed by atoms with Gasteiger partial charge in [-0.25, -0.2) is 4.98 Å². The second-order valence-corrected chi connectivity index (χ2v) is 6.75. The number of aryl methyl sites for hydroxylation is 1. The summed E-state index contributed by atoms with van der Waals surface area (Å²) in [5, 5.41) is 0. The van der Waals surface area contributed by atoms with E-state index < -0.39 is 0 Å². The summed E-state index contributed by atoms with van der Waals surface area (Å²) in [6.07, 6.45) is 6.99. The Bertz CT molecular complexity index is 748. The Kier molecular flexibility index (Phi) is 10.5. The van der Waals surface area contributed by atoms with E-state index in [0.717, 1.165) is 42.8 Å². The molecule has 28 heavy (non-hydrogen) atoms. The van der Waals surface area contributed by atoms with E-state index in [1.54, 1.807) is 0 Å². The van der Waals surface area contributed by atoms with Crippen LogP contribution in [-0.4, -0.2) is 39.5 Å². The van der Waals surface area contributed by atoms with Gasteiger partial charge in [0.15, 0.2) is 0 Å². The number of primary amides is 1. The third kappa shape index (κ3) is 6.48. The minimum atomic E-state index is -0.177. The maximum atomic E-state index is 11.0. The first-order chi connectivity index (χ1) is 13.5. The molecule has 1 aromatic carbocycles. The van der Waals surface area contributed by atoms with Crippen molar-refractivity contribution in [2.24, 2.45) is 11.7 Å². The molecule has 1 atom stereocenters. The Morgan fingerprint density at radius 2 is 1.86 bits per heavy atom. The number of nitrogens with zero attached hydrogens (tertiary/aromatic N) is 3. The van der Waals surface area contributed by atoms with Crippen LogP contribution >= 0.6 is 0 Å². The highest BCUT2D eigenvalue weighted by atomic mass is 16.1. The highest BCUT2D eigenvalue weighted by Crippen LogP contribution is 2.22. The minimum Gasteiger partial charge on any atom is -0.370 e. The summed E-state index contributed by atoms with van der Waals surface area (Å²) in [4.78, 5) is 18.1. The Morgan fingerprint density at radius 3 is 2.46 bits per heavy atom. The van der Waals surface area contributed by atoms with Crippen molar-refractivity contribution < 1.29 is 6.22 Å². The largest absolute Gasteiger partial charge is 0.370 e. The average Bonchev–Trinajstić information content (AvgIpc) is 3.04. The van der Waals surface area contributed by atoms with Gasteiger partial charge in [-0.05, 0) is 57.8 Å². The zero-order valence-corrected chi connectivity index (χ0v) is 18.5. The maximum Gasteiger partial charge on any atom is 0.217 e. The summed E-state index contributed by atoms with van der Waals surface area (Å²) >= 11 is 0. The fourth-order valence-corrected chi connectivity index (χ4v) is 3.53. The maximum absolute atomic E-state index is 11.0. The number of rotatable bonds is 5. The van der Waals surface area contributed by atoms with Gasteiger partial charge >= 0.3 is 0 Å². The molecule has 1 aromatic heterocycles. The molecule has 0 radical (unpaired) electrons. The number of hydrogen-bond acceptors (Lipinski definition) is 3. The van der Waals surface area contributed by atoms with Crippen molar-refractivity contribution in [3.05, 3.63) is 36.2 Å². The van der Waals surface area contributed by atoms with Crippen LogP contribution in [0.3, 0.4) is 0 Å². The number of nitrogens with two attached hydrogens (primary N) is 1. The number of carbonyl (C=O) groups is 1. The van der Waals surface area contributed by atoms with Gasteiger partial charge in [-0.15, -0.1) is 0 Å². The van der Waals surface area contributed by atoms with E-state index in [1.165, 1.54) is 0 Å². The fourth-order valence-electron chi connectivity index (χ4n) is 3.53. The lowest BCUT2D eigenvalue weighted by Gasteiger charge is -2.34. The molecule has 0 spiro atoms. The zero-order chi connectivity index (χ0) is 21.1. The second kappa shape index (κ2) is 12.3. The summed E-state index contributed by atoms with van der Waals surface area (Å²) in [7, 11) is 0. The molecule has 5 nitrogen and oxygen atoms in total. The lowest BCUT2D eigenvalue weighted by Crippen LogP contribution is -2.39. The van der Waals surface area contributed by atoms with Crippen LogP contribution in [-0.2, 0) is 4.79 Å². The molecular formula is C23H40N4O. The van der Waals surface area contributed by atoms with E-state index in [0.29, 0.717) is 18.4 Å². The van der Waals surface area contributed by atoms with E-state index in [4.69, 9.17) is 5.73 Å². The molecule has 1 aliphatic rings. The van der Waals surface area contributed by atoms with E-state index >= 15 is 0 Å². The molecule has 1 unspecified atom stereocenters. The van der Waals surface area contributed by atoms with Crippen LogP contribution in [0.2, 0.25) is 0 Å². The molecule has 1 saturated heterocycles. The molecule has 2 aromatic rings. The third-order valence-electron chi connectivity index (χ3n) is 5.00. The highest BCUT2D eigenvalue weighted by Gasteiger charge is 2.22. The van der Waals surface area contributed by atoms with E-state index in [-0.39, 0.29) is 7.33 Å². The van der Waals surface area contributed by atoms with Crippen LogP contribution in [0.4, 0.5) is 0 Å². The van der Waals surface area contributed by atoms with Crippen molar-refractivity contribution in [2.75, 3.05) is 13.1 Å². The molecule has 0 bridgehead atoms. The van der Waals surface area contributed by atoms with Gasteiger partial charge in [0.25, 0.3) is 0 Å². The van der Waals surface area contributed by atoms with Crippen molar-refractivity contribution in [2.45, 2.75) is 66.8 Å². The monoisotopic (exact) mass is 388 g/mol. The zero-order valence-electron chi connectivity index (χ0n) is 18.5. The third-order valence-corrected chi connectivity index (χ3v) is 5.00. The lowest BCUT2D eigenvalue weighted by atomic mass is 9.92. The molecule has 0 saturated carbocycles. The molecule has 1 amide bonds. The predicted molar refractivity (Wildman–Crippen MR) is 122 cm³/mol. The van der Waals surface area contributed by atoms with Crippen molar-refractivity contribution in [3.63, 3.8) is 0 Å². The van der Waals surface area contributed by atoms with Gasteiger partial charge in [0.05, 0.1) is 11.0 Å². The average molecular weight is 389 g/mol. The molecule has 5 heteroatoms. The summed E-state index contributed by atoms with van der Waals surface area (Å²) < 4.78 is 2.14.